The second-order valence-corrected chi connectivity index (χ2v) is 6.53. The molecule has 2 N–H and O–H groups in total. The number of nitrogens with one attached hydrogen (secondary N) is 2. The number of carbonyl (C=O) groups excluding carboxylic acids is 1. The standard InChI is InChI=1S/C19H16FN5O2/c1-19(10-12-3-2-4-13(20)9-12)24-17(26)15-6-5-14(18(27)25(15)19)23-16-7-8-21-11-22-16/h2-9,11H,10H2,1H3,(H,24,26)(H,21,22,23). The van der Waals surface area contributed by atoms with Gasteiger partial charge < -0.3 is 10.6 Å². The van der Waals surface area contributed by atoms with Crippen molar-refractivity contribution in [3.63, 3.8) is 0 Å². The summed E-state index contributed by atoms with van der Waals surface area (Å²) in [5.41, 5.74) is -0.178. The lowest BCUT2D eigenvalue weighted by atomic mass is 10.0. The van der Waals surface area contributed by atoms with E-state index in [1.54, 1.807) is 43.5 Å². The average Bonchev–Trinajstić information content (AvgIpc) is 2.89. The van der Waals surface area contributed by atoms with Gasteiger partial charge in [-0.2, -0.15) is 0 Å². The first kappa shape index (κ1) is 16.9. The Morgan fingerprint density at radius 3 is 2.81 bits per heavy atom. The fourth-order valence-corrected chi connectivity index (χ4v) is 3.34. The van der Waals surface area contributed by atoms with Crippen LogP contribution in [-0.2, 0) is 12.1 Å². The van der Waals surface area contributed by atoms with Gasteiger partial charge in [0.1, 0.15) is 35.0 Å². The third-order valence-electron chi connectivity index (χ3n) is 4.47. The van der Waals surface area contributed by atoms with Crippen LogP contribution in [0.3, 0.4) is 0 Å². The molecule has 3 aromatic rings. The topological polar surface area (TPSA) is 88.9 Å². The second kappa shape index (κ2) is 6.31. The summed E-state index contributed by atoms with van der Waals surface area (Å²) in [5.74, 6) is -0.251. The number of anilines is 2. The maximum atomic E-state index is 13.5. The fraction of sp³-hybridized carbons (Fsp3) is 0.158. The zero-order valence-corrected chi connectivity index (χ0v) is 14.4. The Labute approximate surface area is 153 Å². The normalized spacial score (nSPS) is 18.1. The van der Waals surface area contributed by atoms with E-state index in [0.717, 1.165) is 0 Å². The van der Waals surface area contributed by atoms with Crippen molar-refractivity contribution in [3.8, 4) is 0 Å². The first-order valence-corrected chi connectivity index (χ1v) is 8.33. The summed E-state index contributed by atoms with van der Waals surface area (Å²) in [6, 6.07) is 10.9. The number of rotatable bonds is 4. The highest BCUT2D eigenvalue weighted by atomic mass is 19.1. The molecule has 1 aliphatic rings. The Kier molecular flexibility index (Phi) is 3.95. The molecule has 1 amide bonds. The molecule has 0 saturated heterocycles. The molecule has 2 aromatic heterocycles. The van der Waals surface area contributed by atoms with E-state index >= 15 is 0 Å². The molecule has 136 valence electrons. The van der Waals surface area contributed by atoms with E-state index in [-0.39, 0.29) is 35.1 Å². The van der Waals surface area contributed by atoms with Crippen molar-refractivity contribution in [1.29, 1.82) is 0 Å². The number of fused-ring (bicyclic) bond motifs is 1. The summed E-state index contributed by atoms with van der Waals surface area (Å²) in [5, 5.41) is 5.79. The van der Waals surface area contributed by atoms with Gasteiger partial charge in [0.05, 0.1) is 0 Å². The van der Waals surface area contributed by atoms with Gasteiger partial charge in [0.2, 0.25) is 0 Å². The largest absolute Gasteiger partial charge is 0.336 e. The van der Waals surface area contributed by atoms with E-state index in [1.165, 1.54) is 23.0 Å². The lowest BCUT2D eigenvalue weighted by Crippen LogP contribution is -2.46. The average molecular weight is 365 g/mol. The molecule has 0 fully saturated rings. The van der Waals surface area contributed by atoms with E-state index in [1.807, 2.05) is 0 Å². The zero-order chi connectivity index (χ0) is 19.0. The minimum absolute atomic E-state index is 0.257. The molecule has 27 heavy (non-hydrogen) atoms. The van der Waals surface area contributed by atoms with Crippen LogP contribution in [0.2, 0.25) is 0 Å². The number of benzene rings is 1. The van der Waals surface area contributed by atoms with Gasteiger partial charge in [0, 0.05) is 12.6 Å². The van der Waals surface area contributed by atoms with Crippen LogP contribution >= 0.6 is 0 Å². The maximum Gasteiger partial charge on any atom is 0.276 e. The van der Waals surface area contributed by atoms with Crippen LogP contribution in [0.1, 0.15) is 23.0 Å². The third kappa shape index (κ3) is 3.05. The Morgan fingerprint density at radius 2 is 2.07 bits per heavy atom. The van der Waals surface area contributed by atoms with E-state index in [0.29, 0.717) is 11.4 Å². The number of nitrogens with zero attached hydrogens (tertiary/aromatic N) is 3. The minimum atomic E-state index is -1.01. The summed E-state index contributed by atoms with van der Waals surface area (Å²) in [4.78, 5) is 33.3. The van der Waals surface area contributed by atoms with Crippen LogP contribution in [0.15, 0.2) is 59.8 Å². The van der Waals surface area contributed by atoms with Crippen molar-refractivity contribution >= 4 is 17.4 Å². The Hall–Kier alpha value is -3.55. The molecule has 0 saturated carbocycles. The zero-order valence-electron chi connectivity index (χ0n) is 14.4. The van der Waals surface area contributed by atoms with Gasteiger partial charge in [0.15, 0.2) is 0 Å². The van der Waals surface area contributed by atoms with Crippen molar-refractivity contribution in [1.82, 2.24) is 19.9 Å². The van der Waals surface area contributed by atoms with Crippen molar-refractivity contribution in [2.45, 2.75) is 19.0 Å². The van der Waals surface area contributed by atoms with Crippen molar-refractivity contribution in [2.75, 3.05) is 5.32 Å². The lowest BCUT2D eigenvalue weighted by molar-refractivity contribution is 0.0927. The Balaban J connectivity index is 1.76. The SMILES string of the molecule is CC1(Cc2cccc(F)c2)NC(=O)c2ccc(Nc3ccncn3)c(=O)n21. The van der Waals surface area contributed by atoms with Gasteiger partial charge in [-0.25, -0.2) is 14.4 Å². The highest BCUT2D eigenvalue weighted by Gasteiger charge is 2.40. The smallest absolute Gasteiger partial charge is 0.276 e. The number of amides is 1. The number of hydrogen-bond donors (Lipinski definition) is 2. The van der Waals surface area contributed by atoms with Crippen LogP contribution in [0.25, 0.3) is 0 Å². The second-order valence-electron chi connectivity index (χ2n) is 6.53. The number of aromatic nitrogens is 3. The van der Waals surface area contributed by atoms with Crippen LogP contribution < -0.4 is 16.2 Å². The highest BCUT2D eigenvalue weighted by molar-refractivity contribution is 5.95. The summed E-state index contributed by atoms with van der Waals surface area (Å²) < 4.78 is 15.0. The molecule has 8 heteroatoms. The highest BCUT2D eigenvalue weighted by Crippen LogP contribution is 2.26. The molecule has 0 aliphatic carbocycles. The van der Waals surface area contributed by atoms with E-state index in [9.17, 15) is 14.0 Å². The van der Waals surface area contributed by atoms with Gasteiger partial charge in [-0.1, -0.05) is 12.1 Å². The number of hydrogen-bond acceptors (Lipinski definition) is 5. The van der Waals surface area contributed by atoms with Gasteiger partial charge >= 0.3 is 0 Å². The van der Waals surface area contributed by atoms with Gasteiger partial charge in [0.25, 0.3) is 11.5 Å². The van der Waals surface area contributed by atoms with Crippen molar-refractivity contribution in [2.24, 2.45) is 0 Å². The molecule has 4 rings (SSSR count). The molecule has 3 heterocycles. The Bertz CT molecular complexity index is 1080. The summed E-state index contributed by atoms with van der Waals surface area (Å²) in [7, 11) is 0. The van der Waals surface area contributed by atoms with Gasteiger partial charge in [-0.05, 0) is 42.8 Å². The van der Waals surface area contributed by atoms with E-state index in [2.05, 4.69) is 20.6 Å². The van der Waals surface area contributed by atoms with E-state index < -0.39 is 5.66 Å². The number of halogens is 1. The van der Waals surface area contributed by atoms with E-state index in [4.69, 9.17) is 0 Å². The molecular weight excluding hydrogens is 349 g/mol. The maximum absolute atomic E-state index is 13.5. The summed E-state index contributed by atoms with van der Waals surface area (Å²) in [6.07, 6.45) is 3.19. The molecule has 0 spiro atoms. The predicted octanol–water partition coefficient (Wildman–Crippen LogP) is 2.18. The molecule has 1 aromatic carbocycles. The summed E-state index contributed by atoms with van der Waals surface area (Å²) in [6.45, 7) is 1.74. The van der Waals surface area contributed by atoms with Crippen LogP contribution in [0.4, 0.5) is 15.9 Å². The molecule has 1 aliphatic heterocycles. The molecule has 1 unspecified atom stereocenters. The quantitative estimate of drug-likeness (QED) is 0.740. The van der Waals surface area contributed by atoms with Crippen LogP contribution in [-0.4, -0.2) is 20.4 Å². The first-order valence-electron chi connectivity index (χ1n) is 8.33. The van der Waals surface area contributed by atoms with Crippen LogP contribution in [0.5, 0.6) is 0 Å². The van der Waals surface area contributed by atoms with Gasteiger partial charge in [-0.15, -0.1) is 0 Å². The minimum Gasteiger partial charge on any atom is -0.336 e. The van der Waals surface area contributed by atoms with Crippen molar-refractivity contribution in [3.05, 3.63) is 82.4 Å². The third-order valence-corrected chi connectivity index (χ3v) is 4.47. The molecule has 0 radical (unpaired) electrons. The first-order chi connectivity index (χ1) is 13.0. The number of carbonyl (C=O) groups is 1. The predicted molar refractivity (Wildman–Crippen MR) is 97.2 cm³/mol. The molecule has 7 nitrogen and oxygen atoms in total. The monoisotopic (exact) mass is 365 g/mol. The number of pyridine rings is 1. The molecule has 1 atom stereocenters. The molecule has 0 bridgehead atoms. The van der Waals surface area contributed by atoms with Gasteiger partial charge in [-0.3, -0.25) is 14.2 Å². The fourth-order valence-electron chi connectivity index (χ4n) is 3.34. The van der Waals surface area contributed by atoms with Crippen molar-refractivity contribution < 1.29 is 9.18 Å². The molecular formula is C19H16FN5O2. The Morgan fingerprint density at radius 1 is 1.22 bits per heavy atom. The van der Waals surface area contributed by atoms with Crippen LogP contribution in [0, 0.1) is 5.82 Å². The summed E-state index contributed by atoms with van der Waals surface area (Å²) >= 11 is 0. The lowest BCUT2D eigenvalue weighted by Gasteiger charge is -2.27.